The Hall–Kier alpha value is -1.90. The number of rotatable bonds is 7. The molecule has 38 heavy (non-hydrogen) atoms. The normalized spacial score (nSPS) is 19.7. The van der Waals surface area contributed by atoms with E-state index in [0.29, 0.717) is 5.76 Å². The minimum Gasteiger partial charge on any atom is -0.460 e. The first-order valence-electron chi connectivity index (χ1n) is 15.1. The number of piperazine rings is 2. The van der Waals surface area contributed by atoms with E-state index in [-0.39, 0.29) is 17.9 Å². The van der Waals surface area contributed by atoms with Gasteiger partial charge in [0.05, 0.1) is 6.26 Å². The molecule has 0 saturated carbocycles. The van der Waals surface area contributed by atoms with Crippen molar-refractivity contribution in [1.29, 1.82) is 0 Å². The van der Waals surface area contributed by atoms with Crippen LogP contribution in [0.2, 0.25) is 0 Å². The van der Waals surface area contributed by atoms with Gasteiger partial charge in [-0.3, -0.25) is 14.5 Å². The van der Waals surface area contributed by atoms with Crippen LogP contribution in [0.4, 0.5) is 0 Å². The summed E-state index contributed by atoms with van der Waals surface area (Å²) >= 11 is 0. The molecule has 224 valence electrons. The summed E-state index contributed by atoms with van der Waals surface area (Å²) in [7, 11) is 0. The van der Waals surface area contributed by atoms with Gasteiger partial charge in [0.15, 0.2) is 5.76 Å². The average molecular weight is 541 g/mol. The van der Waals surface area contributed by atoms with Gasteiger partial charge in [-0.2, -0.15) is 0 Å². The van der Waals surface area contributed by atoms with Gasteiger partial charge in [0.2, 0.25) is 0 Å². The van der Waals surface area contributed by atoms with E-state index in [1.54, 1.807) is 13.0 Å². The Bertz CT molecular complexity index is 620. The van der Waals surface area contributed by atoms with E-state index >= 15 is 0 Å². The van der Waals surface area contributed by atoms with Gasteiger partial charge >= 0.3 is 0 Å². The highest BCUT2D eigenvalue weighted by Crippen LogP contribution is 2.16. The maximum Gasteiger partial charge on any atom is 0.289 e. The smallest absolute Gasteiger partial charge is 0.289 e. The minimum absolute atomic E-state index is 0.0384. The summed E-state index contributed by atoms with van der Waals surface area (Å²) in [6.45, 7) is 31.8. The molecule has 3 fully saturated rings. The molecule has 2 amide bonds. The first-order chi connectivity index (χ1) is 18.5. The standard InChI is InChI=1S/C13H22N2O2.C11H20N2O2.3C2H6/c1-4-7-14-8-10-15(11-9-14)13(16)12(5-2)17-6-3;1-2-12-5-7-13(8-6-12)11(14)10-4-3-9-15-10;3*1-2/h5-6H,3-4,7-11H2,1-2H3;10H,2-9H2,1H3;3*1-2H3/b12-5-;;;;. The second-order valence-corrected chi connectivity index (χ2v) is 8.33. The van der Waals surface area contributed by atoms with Gasteiger partial charge in [0.1, 0.15) is 6.10 Å². The van der Waals surface area contributed by atoms with E-state index in [4.69, 9.17) is 9.47 Å². The Morgan fingerprint density at radius 2 is 1.39 bits per heavy atom. The van der Waals surface area contributed by atoms with Gasteiger partial charge in [-0.1, -0.05) is 62.0 Å². The molecule has 8 heteroatoms. The van der Waals surface area contributed by atoms with Crippen LogP contribution in [0.25, 0.3) is 0 Å². The highest BCUT2D eigenvalue weighted by atomic mass is 16.5. The number of amides is 2. The summed E-state index contributed by atoms with van der Waals surface area (Å²) in [6, 6.07) is 0. The van der Waals surface area contributed by atoms with Crippen molar-refractivity contribution in [3.05, 3.63) is 24.7 Å². The summed E-state index contributed by atoms with van der Waals surface area (Å²) < 4.78 is 10.5. The topological polar surface area (TPSA) is 65.6 Å². The molecule has 0 spiro atoms. The number of hydrogen-bond acceptors (Lipinski definition) is 6. The van der Waals surface area contributed by atoms with Crippen molar-refractivity contribution in [1.82, 2.24) is 19.6 Å². The molecule has 3 aliphatic rings. The molecular formula is C30H60N4O4. The third-order valence-corrected chi connectivity index (χ3v) is 6.22. The number of nitrogens with zero attached hydrogens (tertiary/aromatic N) is 4. The van der Waals surface area contributed by atoms with Crippen LogP contribution in [0, 0.1) is 0 Å². The largest absolute Gasteiger partial charge is 0.460 e. The van der Waals surface area contributed by atoms with Crippen molar-refractivity contribution < 1.29 is 19.1 Å². The molecule has 0 N–H and O–H groups in total. The van der Waals surface area contributed by atoms with Gasteiger partial charge in [-0.15, -0.1) is 0 Å². The number of ether oxygens (including phenoxy) is 2. The molecule has 0 aromatic carbocycles. The van der Waals surface area contributed by atoms with E-state index < -0.39 is 0 Å². The minimum atomic E-state index is -0.141. The number of carbonyl (C=O) groups excluding carboxylic acids is 2. The van der Waals surface area contributed by atoms with Crippen LogP contribution in [-0.2, 0) is 19.1 Å². The molecule has 1 unspecified atom stereocenters. The molecule has 3 aliphatic heterocycles. The summed E-state index contributed by atoms with van der Waals surface area (Å²) in [6.07, 6.45) is 5.94. The van der Waals surface area contributed by atoms with Gasteiger partial charge in [0.25, 0.3) is 11.8 Å². The van der Waals surface area contributed by atoms with E-state index in [2.05, 4.69) is 30.2 Å². The average Bonchev–Trinajstić information content (AvgIpc) is 3.54. The van der Waals surface area contributed by atoms with Crippen molar-refractivity contribution in [3.63, 3.8) is 0 Å². The fourth-order valence-electron chi connectivity index (χ4n) is 4.24. The van der Waals surface area contributed by atoms with Crippen LogP contribution in [-0.4, -0.2) is 110 Å². The molecule has 0 aromatic heterocycles. The summed E-state index contributed by atoms with van der Waals surface area (Å²) in [4.78, 5) is 32.6. The van der Waals surface area contributed by atoms with Crippen molar-refractivity contribution in [2.75, 3.05) is 72.1 Å². The monoisotopic (exact) mass is 540 g/mol. The first kappa shape index (κ1) is 38.2. The van der Waals surface area contributed by atoms with Gasteiger partial charge in [-0.25, -0.2) is 0 Å². The predicted octanol–water partition coefficient (Wildman–Crippen LogP) is 5.01. The van der Waals surface area contributed by atoms with E-state index in [0.717, 1.165) is 91.3 Å². The Morgan fingerprint density at radius 1 is 0.868 bits per heavy atom. The summed E-state index contributed by atoms with van der Waals surface area (Å²) in [5.41, 5.74) is 0. The molecule has 1 atom stereocenters. The molecule has 0 radical (unpaired) electrons. The molecule has 0 bridgehead atoms. The van der Waals surface area contributed by atoms with E-state index in [9.17, 15) is 9.59 Å². The number of allylic oxidation sites excluding steroid dienone is 1. The van der Waals surface area contributed by atoms with Gasteiger partial charge < -0.3 is 24.2 Å². The van der Waals surface area contributed by atoms with Crippen LogP contribution >= 0.6 is 0 Å². The Balaban J connectivity index is 0. The van der Waals surface area contributed by atoms with E-state index in [1.165, 1.54) is 6.26 Å². The lowest BCUT2D eigenvalue weighted by atomic mass is 10.2. The number of carbonyl (C=O) groups is 2. The molecular weight excluding hydrogens is 480 g/mol. The van der Waals surface area contributed by atoms with E-state index in [1.807, 2.05) is 51.3 Å². The Labute approximate surface area is 235 Å². The number of likely N-dealkylation sites (N-methyl/N-ethyl adjacent to an activating group) is 1. The molecule has 3 saturated heterocycles. The summed E-state index contributed by atoms with van der Waals surface area (Å²) in [5.74, 6) is 0.538. The maximum atomic E-state index is 12.1. The zero-order valence-corrected chi connectivity index (χ0v) is 26.3. The van der Waals surface area contributed by atoms with Crippen LogP contribution in [0.5, 0.6) is 0 Å². The van der Waals surface area contributed by atoms with Crippen molar-refractivity contribution in [2.24, 2.45) is 0 Å². The second kappa shape index (κ2) is 25.4. The van der Waals surface area contributed by atoms with Crippen LogP contribution in [0.15, 0.2) is 24.7 Å². The molecule has 3 rings (SSSR count). The third kappa shape index (κ3) is 14.3. The van der Waals surface area contributed by atoms with Gasteiger partial charge in [-0.05, 0) is 45.4 Å². The lowest BCUT2D eigenvalue weighted by Gasteiger charge is -2.35. The maximum absolute atomic E-state index is 12.1. The lowest BCUT2D eigenvalue weighted by molar-refractivity contribution is -0.142. The summed E-state index contributed by atoms with van der Waals surface area (Å²) in [5, 5.41) is 0. The highest BCUT2D eigenvalue weighted by Gasteiger charge is 2.30. The van der Waals surface area contributed by atoms with Gasteiger partial charge in [0, 0.05) is 59.0 Å². The molecule has 3 heterocycles. The second-order valence-electron chi connectivity index (χ2n) is 8.33. The number of hydrogen-bond donors (Lipinski definition) is 0. The first-order valence-corrected chi connectivity index (χ1v) is 15.1. The Kier molecular flexibility index (Phi) is 25.5. The zero-order valence-electron chi connectivity index (χ0n) is 26.3. The lowest BCUT2D eigenvalue weighted by Crippen LogP contribution is -2.51. The fourth-order valence-corrected chi connectivity index (χ4v) is 4.24. The molecule has 0 aromatic rings. The molecule has 8 nitrogen and oxygen atoms in total. The van der Waals surface area contributed by atoms with Crippen LogP contribution in [0.1, 0.15) is 81.6 Å². The van der Waals surface area contributed by atoms with Crippen molar-refractivity contribution >= 4 is 11.8 Å². The zero-order chi connectivity index (χ0) is 29.3. The van der Waals surface area contributed by atoms with Crippen molar-refractivity contribution in [2.45, 2.75) is 87.7 Å². The van der Waals surface area contributed by atoms with Crippen LogP contribution < -0.4 is 0 Å². The SMILES string of the molecule is C=CO/C(=C\C)C(=O)N1CCN(CCC)CC1.CC.CC.CC.CCN1CCN(C(=O)C2CCCO2)CC1. The third-order valence-electron chi connectivity index (χ3n) is 6.22. The Morgan fingerprint density at radius 3 is 1.82 bits per heavy atom. The fraction of sp³-hybridized carbons (Fsp3) is 0.800. The predicted molar refractivity (Wildman–Crippen MR) is 160 cm³/mol. The quantitative estimate of drug-likeness (QED) is 0.334. The van der Waals surface area contributed by atoms with Crippen LogP contribution in [0.3, 0.4) is 0 Å². The molecule has 0 aliphatic carbocycles. The highest BCUT2D eigenvalue weighted by molar-refractivity contribution is 5.91. The van der Waals surface area contributed by atoms with Crippen molar-refractivity contribution in [3.8, 4) is 0 Å².